The number of halogens is 3. The first kappa shape index (κ1) is 52.2. The molecule has 9 aromatic rings. The largest absolute Gasteiger partial charge is 0.394 e. The zero-order valence-electron chi connectivity index (χ0n) is 84.1. The molecular weight excluding hydrogens is 1460 g/mol. The molecule has 6 aromatic heterocycles. The molecule has 36 heteroatoms. The van der Waals surface area contributed by atoms with Crippen LogP contribution in [0.4, 0.5) is 30.6 Å². The summed E-state index contributed by atoms with van der Waals surface area (Å²) in [6, 6.07) is 0.552. The Kier molecular flexibility index (Phi) is 16.9. The second-order valence-electron chi connectivity index (χ2n) is 25.0. The predicted molar refractivity (Wildman–Crippen MR) is 398 cm³/mol. The molecule has 30 nitrogen and oxygen atoms in total. The number of aliphatic hydroxyl groups excluding tert-OH is 8. The van der Waals surface area contributed by atoms with Crippen LogP contribution in [0.1, 0.15) is 183 Å². The van der Waals surface area contributed by atoms with Gasteiger partial charge in [0.1, 0.15) is 54.1 Å². The van der Waals surface area contributed by atoms with Crippen LogP contribution < -0.4 is 16.0 Å². The second-order valence-corrected chi connectivity index (χ2v) is 27.5. The maximum absolute atomic E-state index is 14.4. The van der Waals surface area contributed by atoms with Crippen LogP contribution in [0.3, 0.4) is 0 Å². The van der Waals surface area contributed by atoms with Crippen LogP contribution >= 0.6 is 35.3 Å². The second kappa shape index (κ2) is 35.1. The molecule has 6 aliphatic carbocycles. The lowest BCUT2D eigenvalue weighted by atomic mass is 10.1. The minimum atomic E-state index is -3.45. The lowest BCUT2D eigenvalue weighted by Crippen LogP contribution is -2.33. The fourth-order valence-electron chi connectivity index (χ4n) is 12.2. The molecule has 0 radical (unpaired) electrons. The van der Waals surface area contributed by atoms with Gasteiger partial charge < -0.3 is 76.1 Å². The highest BCUT2D eigenvalue weighted by Gasteiger charge is 2.49. The fourth-order valence-corrected chi connectivity index (χ4v) is 13.7. The van der Waals surface area contributed by atoms with Gasteiger partial charge in [-0.2, -0.15) is 0 Å². The summed E-state index contributed by atoms with van der Waals surface area (Å²) in [5.74, 6) is -9.92. The van der Waals surface area contributed by atoms with E-state index in [1.807, 2.05) is 0 Å². The van der Waals surface area contributed by atoms with Gasteiger partial charge in [0, 0.05) is 95.4 Å². The number of nitrogens with one attached hydrogen (secondary N) is 3. The highest BCUT2D eigenvalue weighted by Crippen LogP contribution is 2.48. The minimum Gasteiger partial charge on any atom is -0.394 e. The molecule has 0 aliphatic heterocycles. The van der Waals surface area contributed by atoms with E-state index in [1.165, 1.54) is 57.2 Å². The number of rotatable bonds is 30. The average molecular weight is 1580 g/mol. The van der Waals surface area contributed by atoms with Crippen molar-refractivity contribution in [1.82, 2.24) is 74.9 Å². The van der Waals surface area contributed by atoms with Gasteiger partial charge in [0.25, 0.3) is 0 Å². The molecule has 6 heterocycles. The highest BCUT2D eigenvalue weighted by atomic mass is 32.2. The van der Waals surface area contributed by atoms with Crippen molar-refractivity contribution in [1.29, 1.82) is 0 Å². The third-order valence-electron chi connectivity index (χ3n) is 17.9. The Bertz CT molecular complexity index is 5950. The maximum Gasteiger partial charge on any atom is 0.191 e. The van der Waals surface area contributed by atoms with Crippen molar-refractivity contribution in [2.24, 2.45) is 0 Å². The van der Waals surface area contributed by atoms with Gasteiger partial charge in [-0.1, -0.05) is 108 Å². The van der Waals surface area contributed by atoms with Crippen LogP contribution in [0.2, 0.25) is 0 Å². The molecule has 15 rings (SSSR count). The third-order valence-corrected chi connectivity index (χ3v) is 20.2. The van der Waals surface area contributed by atoms with E-state index in [0.717, 1.165) is 39.2 Å². The summed E-state index contributed by atoms with van der Waals surface area (Å²) < 4.78 is 278. The number of nitrogens with zero attached hydrogens (tertiary/aromatic N) is 15. The molecule has 0 unspecified atom stereocenters. The van der Waals surface area contributed by atoms with Crippen molar-refractivity contribution in [3.8, 4) is 0 Å². The Morgan fingerprint density at radius 3 is 1.14 bits per heavy atom. The molecular formula is C72H93F3N18O12S3. The Labute approximate surface area is 669 Å². The van der Waals surface area contributed by atoms with E-state index in [2.05, 4.69) is 76.8 Å². The minimum absolute atomic E-state index is 0.00806. The van der Waals surface area contributed by atoms with Gasteiger partial charge in [0.15, 0.2) is 66.4 Å². The molecule has 6 saturated carbocycles. The molecule has 0 bridgehead atoms. The highest BCUT2D eigenvalue weighted by molar-refractivity contribution is 7.99. The van der Waals surface area contributed by atoms with E-state index in [9.17, 15) is 54.0 Å². The van der Waals surface area contributed by atoms with Crippen LogP contribution in [-0.2, 0) is 14.2 Å². The molecule has 6 fully saturated rings. The van der Waals surface area contributed by atoms with Gasteiger partial charge in [0.05, 0.1) is 88.3 Å². The van der Waals surface area contributed by atoms with Gasteiger partial charge in [-0.3, -0.25) is 0 Å². The van der Waals surface area contributed by atoms with E-state index in [4.69, 9.17) is 55.0 Å². The lowest BCUT2D eigenvalue weighted by molar-refractivity contribution is -0.0629. The van der Waals surface area contributed by atoms with Crippen LogP contribution in [0.15, 0.2) is 70.1 Å². The summed E-state index contributed by atoms with van der Waals surface area (Å²) >= 11 is 1.52. The Morgan fingerprint density at radius 1 is 0.481 bits per heavy atom. The molecule has 12 N–H and O–H groups in total. The summed E-state index contributed by atoms with van der Waals surface area (Å²) in [7, 11) is 0. The zero-order valence-corrected chi connectivity index (χ0v) is 60.5. The smallest absolute Gasteiger partial charge is 0.191 e. The van der Waals surface area contributed by atoms with Crippen LogP contribution in [-0.4, -0.2) is 250 Å². The first-order chi connectivity index (χ1) is 61.6. The van der Waals surface area contributed by atoms with Gasteiger partial charge in [-0.25, -0.2) is 57.1 Å². The topological polar surface area (TPSA) is 415 Å². The number of ether oxygens (including phenoxy) is 3. The van der Waals surface area contributed by atoms with Crippen LogP contribution in [0, 0.1) is 38.2 Å². The van der Waals surface area contributed by atoms with Gasteiger partial charge >= 0.3 is 0 Å². The van der Waals surface area contributed by atoms with Crippen molar-refractivity contribution < 1.29 is 109 Å². The third kappa shape index (κ3) is 17.5. The van der Waals surface area contributed by atoms with E-state index in [1.54, 1.807) is 13.8 Å². The summed E-state index contributed by atoms with van der Waals surface area (Å²) in [6.45, 7) is -1.94. The van der Waals surface area contributed by atoms with Crippen molar-refractivity contribution in [2.45, 2.75) is 223 Å². The first-order valence-electron chi connectivity index (χ1n) is 46.7. The Hall–Kier alpha value is -7.14. The molecule has 18 atom stereocenters. The normalized spacial score (nSPS) is 37.6. The van der Waals surface area contributed by atoms with E-state index >= 15 is 0 Å². The van der Waals surface area contributed by atoms with Crippen molar-refractivity contribution in [3.63, 3.8) is 0 Å². The van der Waals surface area contributed by atoms with Crippen molar-refractivity contribution in [3.05, 3.63) is 105 Å². The SMILES string of the molecule is [2H]C([2H])(C)C([2H])([2H])Sc1nc(N[C@]2([2H])C([2H])([2H])[C@@]2([2H])c2ccc(C)c(F)c2)c2nnn([C@@H]3C[C@H](OCCO)[C@@H](O)[C@H]3O)c2n1.[2H]C([2H])(CC)Sc1nc(N[C@]2([2H])C([2H])([2H])[C@@]2([2H])c2ccc(C)c(F)c2)c2nnn([C@@H]3C[C@H](OC([2H])([2H])C([2H])([2H])O)[C@@H](O)[C@H]3O)c2n1.[2H]C([2H])(CO)O[C@H]1C[C@@H](n2nnc3c(N[C@]4([2H])C([2H])([2H])[C@@]4([2H])c4ccc(C)c(F)c4)nc(SC([2H])([2H])CC)nc32)[C@H](O)[C@@H]1O. The monoisotopic (exact) mass is 1580 g/mol. The zero-order chi connectivity index (χ0) is 99.7. The van der Waals surface area contributed by atoms with E-state index in [0.29, 0.717) is 35.3 Å². The number of aryl methyl sites for hydroxylation is 3. The molecule has 0 spiro atoms. The summed E-state index contributed by atoms with van der Waals surface area (Å²) in [4.78, 5) is 25.8. The number of benzene rings is 3. The van der Waals surface area contributed by atoms with Crippen LogP contribution in [0.25, 0.3) is 33.5 Å². The lowest BCUT2D eigenvalue weighted by Gasteiger charge is -2.17. The fraction of sp³-hybridized carbons (Fsp3) is 0.583. The predicted octanol–water partition coefficient (Wildman–Crippen LogP) is 6.55. The molecule has 0 amide bonds. The molecule has 3 aromatic carbocycles. The van der Waals surface area contributed by atoms with Gasteiger partial charge in [-0.05, 0) is 111 Å². The number of fused-ring (bicyclic) bond motifs is 3. The molecule has 582 valence electrons. The number of anilines is 3. The van der Waals surface area contributed by atoms with Crippen molar-refractivity contribution in [2.75, 3.05) is 72.6 Å². The van der Waals surface area contributed by atoms with E-state index < -0.39 is 195 Å². The first-order valence-corrected chi connectivity index (χ1v) is 36.2. The standard InChI is InChI=1S/3C24H31FN6O4S/c3*1-3-8-36-24-27-22(26-16-10-14(16)13-5-4-12(2)15(25)9-13)19-23(28-24)31(30-29-19)17-11-18(35-7-6-32)21(34)20(17)33/h3*4-5,9,14,16-18,20-21,32-34H,3,6-8,10-11H2,1-2H3,(H,26,27,28)/t3*14-,16+,17+,18-,20-,21+/m000/s1/i6D2,7D2,8D2,10D2,14D,16D;7D2,8D2,10D2,14D,16D;3D2,8D2,10D2,14D,16D. The number of hydrogen-bond donors (Lipinski definition) is 12. The van der Waals surface area contributed by atoms with Gasteiger partial charge in [-0.15, -0.1) is 15.3 Å². The van der Waals surface area contributed by atoms with Crippen molar-refractivity contribution >= 4 is 86.2 Å². The summed E-state index contributed by atoms with van der Waals surface area (Å²) in [5.41, 5.74) is -6.70. The van der Waals surface area contributed by atoms with Crippen LogP contribution in [0.5, 0.6) is 0 Å². The number of thioether (sulfide) groups is 3. The molecule has 108 heavy (non-hydrogen) atoms. The number of aromatic nitrogens is 15. The quantitative estimate of drug-likeness (QED) is 0.0168. The average Bonchev–Trinajstić information content (AvgIpc) is 1.48. The number of hydrogen-bond acceptors (Lipinski definition) is 30. The van der Waals surface area contributed by atoms with E-state index in [-0.39, 0.29) is 145 Å². The Morgan fingerprint density at radius 2 is 0.824 bits per heavy atom. The number of aliphatic hydroxyl groups is 9. The summed E-state index contributed by atoms with van der Waals surface area (Å²) in [5, 5.41) is 123. The maximum atomic E-state index is 14.4. The van der Waals surface area contributed by atoms with Gasteiger partial charge in [0.2, 0.25) is 0 Å². The molecule has 0 saturated heterocycles. The Balaban J connectivity index is 0.000000170. The summed E-state index contributed by atoms with van der Waals surface area (Å²) in [6.07, 6.45) is -23.7. The molecule has 6 aliphatic rings.